The van der Waals surface area contributed by atoms with Crippen molar-refractivity contribution in [3.8, 4) is 11.3 Å². The minimum Gasteiger partial charge on any atom is -0.462 e. The highest BCUT2D eigenvalue weighted by atomic mass is 19.1. The highest BCUT2D eigenvalue weighted by molar-refractivity contribution is 5.97. The molecule has 22 heavy (non-hydrogen) atoms. The van der Waals surface area contributed by atoms with E-state index >= 15 is 0 Å². The Bertz CT molecular complexity index is 682. The summed E-state index contributed by atoms with van der Waals surface area (Å²) in [6.45, 7) is 7.71. The van der Waals surface area contributed by atoms with Gasteiger partial charge < -0.3 is 4.74 Å². The van der Waals surface area contributed by atoms with E-state index in [-0.39, 0.29) is 18.3 Å². The molecule has 116 valence electrons. The van der Waals surface area contributed by atoms with Gasteiger partial charge in [-0.2, -0.15) is 0 Å². The second kappa shape index (κ2) is 6.64. The van der Waals surface area contributed by atoms with Crippen LogP contribution >= 0.6 is 0 Å². The molecule has 2 rings (SSSR count). The van der Waals surface area contributed by atoms with Crippen LogP contribution in [0, 0.1) is 12.7 Å². The Kier molecular flexibility index (Phi) is 4.85. The van der Waals surface area contributed by atoms with Crippen LogP contribution in [0.15, 0.2) is 24.3 Å². The highest BCUT2D eigenvalue weighted by Gasteiger charge is 2.24. The Morgan fingerprint density at radius 1 is 1.23 bits per heavy atom. The topological polar surface area (TPSA) is 52.1 Å². The predicted molar refractivity (Wildman–Crippen MR) is 82.2 cm³/mol. The zero-order chi connectivity index (χ0) is 16.3. The number of hydrogen-bond acceptors (Lipinski definition) is 4. The molecule has 0 aliphatic rings. The van der Waals surface area contributed by atoms with E-state index in [9.17, 15) is 9.18 Å². The summed E-state index contributed by atoms with van der Waals surface area (Å²) < 4.78 is 18.3. The first-order valence-corrected chi connectivity index (χ1v) is 7.25. The monoisotopic (exact) mass is 302 g/mol. The van der Waals surface area contributed by atoms with E-state index < -0.39 is 5.97 Å². The van der Waals surface area contributed by atoms with Crippen molar-refractivity contribution in [3.63, 3.8) is 0 Å². The van der Waals surface area contributed by atoms with Crippen molar-refractivity contribution >= 4 is 5.97 Å². The maximum absolute atomic E-state index is 13.1. The van der Waals surface area contributed by atoms with Crippen LogP contribution in [0.5, 0.6) is 0 Å². The Balaban J connectivity index is 2.70. The van der Waals surface area contributed by atoms with Gasteiger partial charge in [0.2, 0.25) is 0 Å². The van der Waals surface area contributed by atoms with E-state index in [2.05, 4.69) is 9.97 Å². The van der Waals surface area contributed by atoms with Gasteiger partial charge in [0.15, 0.2) is 0 Å². The zero-order valence-corrected chi connectivity index (χ0v) is 13.2. The molecule has 0 bridgehead atoms. The Hall–Kier alpha value is -2.30. The molecular weight excluding hydrogens is 283 g/mol. The number of carbonyl (C=O) groups is 1. The number of carbonyl (C=O) groups excluding carboxylic acids is 1. The van der Waals surface area contributed by atoms with Gasteiger partial charge in [-0.3, -0.25) is 0 Å². The van der Waals surface area contributed by atoms with Gasteiger partial charge in [0, 0.05) is 5.56 Å². The van der Waals surface area contributed by atoms with Crippen molar-refractivity contribution in [1.82, 2.24) is 9.97 Å². The molecule has 0 N–H and O–H groups in total. The number of ether oxygens (including phenoxy) is 1. The predicted octanol–water partition coefficient (Wildman–Crippen LogP) is 3.89. The van der Waals surface area contributed by atoms with Gasteiger partial charge in [0.25, 0.3) is 0 Å². The molecule has 1 heterocycles. The van der Waals surface area contributed by atoms with Gasteiger partial charge in [0.05, 0.1) is 18.0 Å². The first-order chi connectivity index (χ1) is 10.4. The number of aryl methyl sites for hydroxylation is 1. The number of nitrogens with zero attached hydrogens (tertiary/aromatic N) is 2. The second-order valence-corrected chi connectivity index (χ2v) is 5.26. The quantitative estimate of drug-likeness (QED) is 0.804. The third-order valence-electron chi connectivity index (χ3n) is 3.19. The molecule has 2 aromatic rings. The van der Waals surface area contributed by atoms with Crippen LogP contribution in [0.2, 0.25) is 0 Å². The van der Waals surface area contributed by atoms with E-state index in [4.69, 9.17) is 4.74 Å². The Labute approximate surface area is 129 Å². The first-order valence-electron chi connectivity index (χ1n) is 7.25. The van der Waals surface area contributed by atoms with Gasteiger partial charge in [0.1, 0.15) is 17.2 Å². The minimum atomic E-state index is -0.453. The summed E-state index contributed by atoms with van der Waals surface area (Å²) in [6, 6.07) is 5.89. The van der Waals surface area contributed by atoms with Crippen LogP contribution in [0.4, 0.5) is 4.39 Å². The highest BCUT2D eigenvalue weighted by Crippen LogP contribution is 2.28. The van der Waals surface area contributed by atoms with Crippen molar-refractivity contribution in [3.05, 3.63) is 47.2 Å². The fraction of sp³-hybridized carbons (Fsp3) is 0.353. The van der Waals surface area contributed by atoms with E-state index in [0.717, 1.165) is 0 Å². The summed E-state index contributed by atoms with van der Waals surface area (Å²) in [5.41, 5.74) is 2.14. The molecule has 0 radical (unpaired) electrons. The average molecular weight is 302 g/mol. The maximum atomic E-state index is 13.1. The smallest absolute Gasteiger partial charge is 0.342 e. The molecule has 0 aliphatic heterocycles. The van der Waals surface area contributed by atoms with Crippen LogP contribution in [-0.4, -0.2) is 22.5 Å². The normalized spacial score (nSPS) is 10.8. The molecule has 0 aliphatic carbocycles. The van der Waals surface area contributed by atoms with Crippen LogP contribution in [0.25, 0.3) is 11.3 Å². The number of rotatable bonds is 4. The molecule has 0 saturated carbocycles. The van der Waals surface area contributed by atoms with E-state index in [0.29, 0.717) is 28.3 Å². The number of benzene rings is 1. The van der Waals surface area contributed by atoms with Gasteiger partial charge in [-0.25, -0.2) is 19.2 Å². The zero-order valence-electron chi connectivity index (χ0n) is 13.2. The lowest BCUT2D eigenvalue weighted by Crippen LogP contribution is -2.15. The number of esters is 1. The lowest BCUT2D eigenvalue weighted by molar-refractivity contribution is 0.0524. The summed E-state index contributed by atoms with van der Waals surface area (Å²) in [7, 11) is 0. The molecule has 0 unspecified atom stereocenters. The molecule has 0 spiro atoms. The van der Waals surface area contributed by atoms with Crippen molar-refractivity contribution < 1.29 is 13.9 Å². The number of aromatic nitrogens is 2. The molecule has 0 amide bonds. The van der Waals surface area contributed by atoms with Crippen LogP contribution in [0.1, 0.15) is 48.6 Å². The van der Waals surface area contributed by atoms with Crippen LogP contribution < -0.4 is 0 Å². The SMILES string of the molecule is CCOC(=O)c1c(-c2ccc(F)cc2)nc(C)nc1C(C)C. The summed E-state index contributed by atoms with van der Waals surface area (Å²) in [5.74, 6) is -0.182. The molecule has 4 nitrogen and oxygen atoms in total. The molecule has 5 heteroatoms. The molecule has 0 atom stereocenters. The lowest BCUT2D eigenvalue weighted by atomic mass is 9.98. The van der Waals surface area contributed by atoms with Crippen molar-refractivity contribution in [2.24, 2.45) is 0 Å². The number of halogens is 1. The third kappa shape index (κ3) is 3.30. The summed E-state index contributed by atoms with van der Waals surface area (Å²) in [5, 5.41) is 0. The van der Waals surface area contributed by atoms with E-state index in [1.807, 2.05) is 13.8 Å². The second-order valence-electron chi connectivity index (χ2n) is 5.26. The molecule has 0 saturated heterocycles. The molecular formula is C17H19FN2O2. The fourth-order valence-electron chi connectivity index (χ4n) is 2.23. The lowest BCUT2D eigenvalue weighted by Gasteiger charge is -2.15. The standard InChI is InChI=1S/C17H19FN2O2/c1-5-22-17(21)14-15(10(2)3)19-11(4)20-16(14)12-6-8-13(18)9-7-12/h6-10H,5H2,1-4H3. The van der Waals surface area contributed by atoms with Gasteiger partial charge in [-0.1, -0.05) is 13.8 Å². The Morgan fingerprint density at radius 3 is 2.41 bits per heavy atom. The molecule has 1 aromatic carbocycles. The summed E-state index contributed by atoms with van der Waals surface area (Å²) >= 11 is 0. The van der Waals surface area contributed by atoms with Crippen LogP contribution in [0.3, 0.4) is 0 Å². The minimum absolute atomic E-state index is 0.0419. The van der Waals surface area contributed by atoms with Gasteiger partial charge in [-0.15, -0.1) is 0 Å². The fourth-order valence-corrected chi connectivity index (χ4v) is 2.23. The van der Waals surface area contributed by atoms with Gasteiger partial charge in [-0.05, 0) is 44.0 Å². The molecule has 1 aromatic heterocycles. The van der Waals surface area contributed by atoms with E-state index in [1.165, 1.54) is 12.1 Å². The van der Waals surface area contributed by atoms with Crippen LogP contribution in [-0.2, 0) is 4.74 Å². The average Bonchev–Trinajstić information content (AvgIpc) is 2.47. The van der Waals surface area contributed by atoms with Crippen molar-refractivity contribution in [1.29, 1.82) is 0 Å². The summed E-state index contributed by atoms with van der Waals surface area (Å²) in [4.78, 5) is 21.1. The maximum Gasteiger partial charge on any atom is 0.342 e. The number of hydrogen-bond donors (Lipinski definition) is 0. The first kappa shape index (κ1) is 16.1. The van der Waals surface area contributed by atoms with Gasteiger partial charge >= 0.3 is 5.97 Å². The Morgan fingerprint density at radius 2 is 1.86 bits per heavy atom. The largest absolute Gasteiger partial charge is 0.462 e. The summed E-state index contributed by atoms with van der Waals surface area (Å²) in [6.07, 6.45) is 0. The van der Waals surface area contributed by atoms with Crippen molar-refractivity contribution in [2.45, 2.75) is 33.6 Å². The van der Waals surface area contributed by atoms with E-state index in [1.54, 1.807) is 26.0 Å². The third-order valence-corrected chi connectivity index (χ3v) is 3.19. The molecule has 0 fully saturated rings. The van der Waals surface area contributed by atoms with Crippen molar-refractivity contribution in [2.75, 3.05) is 6.61 Å².